The Morgan fingerprint density at radius 1 is 1.05 bits per heavy atom. The molecule has 1 atom stereocenters. The van der Waals surface area contributed by atoms with E-state index in [4.69, 9.17) is 0 Å². The summed E-state index contributed by atoms with van der Waals surface area (Å²) in [5.41, 5.74) is 0. The molecule has 0 unspecified atom stereocenters. The third-order valence-corrected chi connectivity index (χ3v) is 2.55. The van der Waals surface area contributed by atoms with E-state index in [9.17, 15) is 4.79 Å². The molecule has 2 saturated carbocycles. The molecule has 0 aromatic rings. The summed E-state index contributed by atoms with van der Waals surface area (Å²) in [6.45, 7) is 7.08. The summed E-state index contributed by atoms with van der Waals surface area (Å²) >= 11 is 0. The number of carbonyl (C=O) groups excluding carboxylic acids is 1. The molecule has 0 bridgehead atoms. The van der Waals surface area contributed by atoms with Gasteiger partial charge in [-0.3, -0.25) is 4.79 Å². The molecule has 2 aliphatic carbocycles. The molecule has 0 aromatic carbocycles. The van der Waals surface area contributed by atoms with Gasteiger partial charge in [0.25, 0.3) is 0 Å². The van der Waals surface area contributed by atoms with E-state index in [0.717, 1.165) is 12.3 Å². The number of hydrogen-bond donors (Lipinski definition) is 1. The van der Waals surface area contributed by atoms with Crippen molar-refractivity contribution in [3.63, 3.8) is 0 Å². The molecule has 0 saturated heterocycles. The molecule has 0 aliphatic heterocycles. The van der Waals surface area contributed by atoms with Crippen molar-refractivity contribution in [2.45, 2.75) is 12.5 Å². The van der Waals surface area contributed by atoms with Crippen LogP contribution in [0.4, 0.5) is 0 Å². The first-order chi connectivity index (χ1) is 9.27. The zero-order chi connectivity index (χ0) is 13.9. The van der Waals surface area contributed by atoms with Crippen LogP contribution in [0.1, 0.15) is 6.42 Å². The van der Waals surface area contributed by atoms with Gasteiger partial charge in [-0.15, -0.1) is 6.58 Å². The Balaban J connectivity index is 0.000000507. The van der Waals surface area contributed by atoms with E-state index in [1.54, 1.807) is 6.08 Å². The molecular weight excluding hydrogens is 290 g/mol. The number of rotatable bonds is 5. The monoisotopic (exact) mass is 309 g/mol. The van der Waals surface area contributed by atoms with Gasteiger partial charge >= 0.3 is 17.1 Å². The van der Waals surface area contributed by atoms with Crippen LogP contribution in [0.5, 0.6) is 0 Å². The second-order valence-corrected chi connectivity index (χ2v) is 3.97. The Morgan fingerprint density at radius 3 is 1.95 bits per heavy atom. The average molecular weight is 309 g/mol. The van der Waals surface area contributed by atoms with E-state index in [2.05, 4.69) is 18.5 Å². The quantitative estimate of drug-likeness (QED) is 0.472. The molecule has 2 nitrogen and oxygen atoms in total. The molecule has 20 heavy (non-hydrogen) atoms. The number of carbonyl (C=O) groups is 1. The average Bonchev–Trinajstić information content (AvgIpc) is 3.13. The van der Waals surface area contributed by atoms with Crippen LogP contribution in [0, 0.1) is 63.7 Å². The van der Waals surface area contributed by atoms with Crippen LogP contribution in [-0.4, -0.2) is 11.9 Å². The summed E-state index contributed by atoms with van der Waals surface area (Å²) in [5.74, 6) is 0.943. The van der Waals surface area contributed by atoms with Crippen LogP contribution in [0.15, 0.2) is 25.3 Å². The molecular formula is C17H19FeNO+2. The van der Waals surface area contributed by atoms with Gasteiger partial charge in [0.2, 0.25) is 5.91 Å². The Kier molecular flexibility index (Phi) is 11.9. The van der Waals surface area contributed by atoms with Crippen molar-refractivity contribution in [1.29, 1.82) is 0 Å². The summed E-state index contributed by atoms with van der Waals surface area (Å²) in [4.78, 5) is 11.1. The summed E-state index contributed by atoms with van der Waals surface area (Å²) in [6.07, 6.45) is 21.7. The van der Waals surface area contributed by atoms with Gasteiger partial charge in [0.1, 0.15) is 0 Å². The number of hydrogen-bond acceptors (Lipinski definition) is 1. The first-order valence-corrected chi connectivity index (χ1v) is 6.20. The van der Waals surface area contributed by atoms with Gasteiger partial charge in [0, 0.05) is 12.0 Å². The molecule has 0 spiro atoms. The largest absolute Gasteiger partial charge is 2.00 e. The van der Waals surface area contributed by atoms with E-state index >= 15 is 0 Å². The van der Waals surface area contributed by atoms with Crippen LogP contribution in [-0.2, 0) is 21.9 Å². The van der Waals surface area contributed by atoms with E-state index in [0.29, 0.717) is 0 Å². The molecule has 3 heteroatoms. The fraction of sp³-hybridized carbons (Fsp3) is 0.118. The topological polar surface area (TPSA) is 29.1 Å². The minimum atomic E-state index is -0.155. The molecule has 2 rings (SSSR count). The van der Waals surface area contributed by atoms with Gasteiger partial charge in [0.15, 0.2) is 0 Å². The standard InChI is InChI=1S/C12H14NO.C5H5.Fe/c1-3-7-11(13-12(14)4-2)10-8-5-6-9-10;1-2-4-5-3-1;/h3-6,8-9,11H,1-2,7H2,(H,13,14);1-5H;/q;;+2/t11-;;/m0../s1. The first-order valence-electron chi connectivity index (χ1n) is 6.20. The third-order valence-electron chi connectivity index (χ3n) is 2.55. The summed E-state index contributed by atoms with van der Waals surface area (Å²) in [6, 6.07) is 0.00741. The van der Waals surface area contributed by atoms with Crippen molar-refractivity contribution in [3.05, 3.63) is 89.0 Å². The van der Waals surface area contributed by atoms with Crippen molar-refractivity contribution < 1.29 is 21.9 Å². The predicted molar refractivity (Wildman–Crippen MR) is 78.9 cm³/mol. The van der Waals surface area contributed by atoms with E-state index < -0.39 is 0 Å². The fourth-order valence-electron chi connectivity index (χ4n) is 1.62. The summed E-state index contributed by atoms with van der Waals surface area (Å²) < 4.78 is 0. The van der Waals surface area contributed by atoms with Gasteiger partial charge in [-0.1, -0.05) is 12.7 Å². The van der Waals surface area contributed by atoms with Crippen molar-refractivity contribution >= 4 is 5.91 Å². The Morgan fingerprint density at radius 2 is 1.55 bits per heavy atom. The van der Waals surface area contributed by atoms with Gasteiger partial charge in [0.05, 0.1) is 0 Å². The minimum absolute atomic E-state index is 0. The number of nitrogens with one attached hydrogen (secondary N) is 1. The van der Waals surface area contributed by atoms with Crippen LogP contribution < -0.4 is 5.32 Å². The maximum absolute atomic E-state index is 11.1. The molecule has 0 aromatic heterocycles. The zero-order valence-electron chi connectivity index (χ0n) is 11.3. The van der Waals surface area contributed by atoms with Crippen molar-refractivity contribution in [2.24, 2.45) is 0 Å². The van der Waals surface area contributed by atoms with Gasteiger partial charge < -0.3 is 5.32 Å². The molecule has 1 N–H and O–H groups in total. The summed E-state index contributed by atoms with van der Waals surface area (Å²) in [7, 11) is 0. The van der Waals surface area contributed by atoms with Crippen LogP contribution >= 0.6 is 0 Å². The smallest absolute Gasteiger partial charge is 0.349 e. The maximum atomic E-state index is 11.1. The van der Waals surface area contributed by atoms with E-state index in [1.807, 2.05) is 57.8 Å². The van der Waals surface area contributed by atoms with Crippen LogP contribution in [0.3, 0.4) is 0 Å². The second-order valence-electron chi connectivity index (χ2n) is 3.97. The van der Waals surface area contributed by atoms with E-state index in [-0.39, 0.29) is 29.0 Å². The van der Waals surface area contributed by atoms with Crippen molar-refractivity contribution in [2.75, 3.05) is 0 Å². The minimum Gasteiger partial charge on any atom is -0.349 e. The third kappa shape index (κ3) is 7.91. The zero-order valence-corrected chi connectivity index (χ0v) is 12.4. The van der Waals surface area contributed by atoms with Crippen LogP contribution in [0.25, 0.3) is 0 Å². The summed E-state index contributed by atoms with van der Waals surface area (Å²) in [5, 5.41) is 2.84. The molecule has 1 amide bonds. The Labute approximate surface area is 135 Å². The molecule has 104 valence electrons. The Hall–Kier alpha value is -0.531. The SMILES string of the molecule is C=CC[C@H](NC(=O)C=C)[C]1[CH][CH][CH][CH]1.[CH]1[CH][CH][CH][CH]1.[Fe+2]. The molecule has 2 fully saturated rings. The normalized spacial score (nSPS) is 19.2. The van der Waals surface area contributed by atoms with Gasteiger partial charge in [-0.2, -0.15) is 0 Å². The van der Waals surface area contributed by atoms with Crippen molar-refractivity contribution in [1.82, 2.24) is 5.32 Å². The predicted octanol–water partition coefficient (Wildman–Crippen LogP) is 2.66. The Bertz CT molecular complexity index is 273. The number of amides is 1. The van der Waals surface area contributed by atoms with Gasteiger partial charge in [-0.25, -0.2) is 0 Å². The second kappa shape index (κ2) is 12.2. The van der Waals surface area contributed by atoms with Crippen LogP contribution in [0.2, 0.25) is 0 Å². The molecule has 2 aliphatic rings. The van der Waals surface area contributed by atoms with E-state index in [1.165, 1.54) is 6.08 Å². The molecule has 10 radical (unpaired) electrons. The van der Waals surface area contributed by atoms with Crippen molar-refractivity contribution in [3.8, 4) is 0 Å². The first kappa shape index (κ1) is 19.5. The van der Waals surface area contributed by atoms with Gasteiger partial charge in [-0.05, 0) is 70.3 Å². The fourth-order valence-corrected chi connectivity index (χ4v) is 1.62. The maximum Gasteiger partial charge on any atom is 2.00 e. The molecule has 0 heterocycles.